The largest absolute Gasteiger partial charge is 0.306 e. The highest BCUT2D eigenvalue weighted by atomic mass is 15.5. The molecule has 0 unspecified atom stereocenters. The maximum absolute atomic E-state index is 5.55. The van der Waals surface area contributed by atoms with Crippen molar-refractivity contribution in [2.24, 2.45) is 10.9 Å². The molecule has 0 spiro atoms. The van der Waals surface area contributed by atoms with E-state index in [1.165, 1.54) is 0 Å². The van der Waals surface area contributed by atoms with E-state index in [2.05, 4.69) is 10.5 Å². The van der Waals surface area contributed by atoms with Gasteiger partial charge in [0.1, 0.15) is 5.84 Å². The molecule has 4 nitrogen and oxygen atoms in total. The van der Waals surface area contributed by atoms with Crippen molar-refractivity contribution in [2.45, 2.75) is 13.3 Å². The van der Waals surface area contributed by atoms with E-state index in [4.69, 9.17) is 5.84 Å². The number of hydrogen-bond acceptors (Lipinski definition) is 4. The minimum absolute atomic E-state index is 0.847. The van der Waals surface area contributed by atoms with Crippen LogP contribution in [-0.4, -0.2) is 23.9 Å². The number of amidine groups is 1. The Morgan fingerprint density at radius 1 is 1.89 bits per heavy atom. The van der Waals surface area contributed by atoms with Crippen molar-refractivity contribution < 1.29 is 0 Å². The first-order valence-corrected chi connectivity index (χ1v) is 3.16. The summed E-state index contributed by atoms with van der Waals surface area (Å²) in [5.41, 5.74) is 2.88. The van der Waals surface area contributed by atoms with Gasteiger partial charge in [0.25, 0.3) is 0 Å². The molecule has 0 aromatic heterocycles. The lowest BCUT2D eigenvalue weighted by atomic mass is 10.4. The predicted molar refractivity (Wildman–Crippen MR) is 36.6 cm³/mol. The summed E-state index contributed by atoms with van der Waals surface area (Å²) in [5.74, 6) is 6.48. The summed E-state index contributed by atoms with van der Waals surface area (Å²) in [6.45, 7) is 3.73. The molecule has 1 aliphatic rings. The number of nitrogens with one attached hydrogen (secondary N) is 1. The number of rotatable bonds is 1. The molecule has 0 aromatic rings. The first-order chi connectivity index (χ1) is 4.34. The maximum Gasteiger partial charge on any atom is 0.138 e. The normalized spacial score (nSPS) is 18.9. The molecular formula is C5H12N4. The van der Waals surface area contributed by atoms with Gasteiger partial charge in [0.15, 0.2) is 0 Å². The summed E-state index contributed by atoms with van der Waals surface area (Å²) in [5, 5.41) is 5.67. The minimum Gasteiger partial charge on any atom is -0.306 e. The molecule has 0 aliphatic carbocycles. The van der Waals surface area contributed by atoms with Crippen LogP contribution in [0.25, 0.3) is 0 Å². The van der Waals surface area contributed by atoms with Crippen LogP contribution in [0.1, 0.15) is 13.3 Å². The lowest BCUT2D eigenvalue weighted by Crippen LogP contribution is -2.45. The van der Waals surface area contributed by atoms with Gasteiger partial charge in [0, 0.05) is 6.42 Å². The van der Waals surface area contributed by atoms with Gasteiger partial charge in [-0.05, 0) is 0 Å². The Balaban J connectivity index is 2.53. The molecule has 0 radical (unpaired) electrons. The SMILES string of the molecule is CCC1=NNCCN1N. The van der Waals surface area contributed by atoms with Crippen molar-refractivity contribution in [3.8, 4) is 0 Å². The van der Waals surface area contributed by atoms with Gasteiger partial charge in [-0.3, -0.25) is 5.01 Å². The van der Waals surface area contributed by atoms with E-state index in [1.807, 2.05) is 6.92 Å². The number of nitrogens with zero attached hydrogens (tertiary/aromatic N) is 2. The van der Waals surface area contributed by atoms with Crippen molar-refractivity contribution in [2.75, 3.05) is 13.1 Å². The minimum atomic E-state index is 0.847. The van der Waals surface area contributed by atoms with E-state index in [0.29, 0.717) is 0 Å². The quantitative estimate of drug-likeness (QED) is 0.468. The van der Waals surface area contributed by atoms with Gasteiger partial charge < -0.3 is 5.43 Å². The van der Waals surface area contributed by atoms with E-state index < -0.39 is 0 Å². The summed E-state index contributed by atoms with van der Waals surface area (Å²) < 4.78 is 0. The van der Waals surface area contributed by atoms with Gasteiger partial charge in [0.2, 0.25) is 0 Å². The molecule has 9 heavy (non-hydrogen) atoms. The van der Waals surface area contributed by atoms with Crippen LogP contribution in [0.4, 0.5) is 0 Å². The van der Waals surface area contributed by atoms with E-state index in [-0.39, 0.29) is 0 Å². The number of nitrogens with two attached hydrogens (primary N) is 1. The monoisotopic (exact) mass is 128 g/mol. The van der Waals surface area contributed by atoms with Gasteiger partial charge in [0.05, 0.1) is 13.1 Å². The third-order valence-electron chi connectivity index (χ3n) is 1.32. The van der Waals surface area contributed by atoms with Crippen LogP contribution in [0.15, 0.2) is 5.10 Å². The molecule has 4 heteroatoms. The molecule has 1 rings (SSSR count). The molecule has 52 valence electrons. The molecule has 1 aliphatic heterocycles. The summed E-state index contributed by atoms with van der Waals surface area (Å²) in [6.07, 6.45) is 0.892. The van der Waals surface area contributed by atoms with Gasteiger partial charge in [-0.2, -0.15) is 5.10 Å². The highest BCUT2D eigenvalue weighted by Gasteiger charge is 2.07. The zero-order valence-electron chi connectivity index (χ0n) is 5.59. The average Bonchev–Trinajstić information content (AvgIpc) is 1.89. The van der Waals surface area contributed by atoms with Crippen LogP contribution in [0.5, 0.6) is 0 Å². The van der Waals surface area contributed by atoms with Crippen LogP contribution in [0, 0.1) is 0 Å². The third-order valence-corrected chi connectivity index (χ3v) is 1.32. The zero-order chi connectivity index (χ0) is 6.69. The third kappa shape index (κ3) is 1.32. The topological polar surface area (TPSA) is 53.7 Å². The Morgan fingerprint density at radius 3 is 3.11 bits per heavy atom. The Labute approximate surface area is 54.7 Å². The molecular weight excluding hydrogens is 116 g/mol. The lowest BCUT2D eigenvalue weighted by molar-refractivity contribution is 0.393. The first-order valence-electron chi connectivity index (χ1n) is 3.16. The van der Waals surface area contributed by atoms with Gasteiger partial charge >= 0.3 is 0 Å². The van der Waals surface area contributed by atoms with Crippen molar-refractivity contribution in [1.82, 2.24) is 10.4 Å². The number of hydrogen-bond donors (Lipinski definition) is 2. The Bertz CT molecular complexity index is 120. The molecule has 0 bridgehead atoms. The predicted octanol–water partition coefficient (Wildman–Crippen LogP) is -0.511. The second-order valence-corrected chi connectivity index (χ2v) is 1.98. The summed E-state index contributed by atoms with van der Waals surface area (Å²) in [7, 11) is 0. The Kier molecular flexibility index (Phi) is 1.89. The zero-order valence-corrected chi connectivity index (χ0v) is 5.59. The highest BCUT2D eigenvalue weighted by molar-refractivity contribution is 5.81. The maximum atomic E-state index is 5.55. The standard InChI is InChI=1S/C5H12N4/c1-2-5-8-7-3-4-9(5)6/h7H,2-4,6H2,1H3. The number of hydrazone groups is 1. The molecule has 0 saturated carbocycles. The van der Waals surface area contributed by atoms with Crippen molar-refractivity contribution in [3.05, 3.63) is 0 Å². The summed E-state index contributed by atoms with van der Waals surface area (Å²) >= 11 is 0. The van der Waals surface area contributed by atoms with Gasteiger partial charge in [-0.25, -0.2) is 5.84 Å². The van der Waals surface area contributed by atoms with Crippen molar-refractivity contribution >= 4 is 5.84 Å². The molecule has 0 atom stereocenters. The Morgan fingerprint density at radius 2 is 2.67 bits per heavy atom. The lowest BCUT2D eigenvalue weighted by Gasteiger charge is -2.23. The molecule has 0 amide bonds. The fourth-order valence-electron chi connectivity index (χ4n) is 0.793. The fourth-order valence-corrected chi connectivity index (χ4v) is 0.793. The van der Waals surface area contributed by atoms with E-state index >= 15 is 0 Å². The van der Waals surface area contributed by atoms with Crippen LogP contribution in [0.3, 0.4) is 0 Å². The molecule has 0 aromatic carbocycles. The van der Waals surface area contributed by atoms with Crippen LogP contribution in [-0.2, 0) is 0 Å². The number of hydrazine groups is 1. The first kappa shape index (κ1) is 6.35. The van der Waals surface area contributed by atoms with Crippen molar-refractivity contribution in [1.29, 1.82) is 0 Å². The summed E-state index contributed by atoms with van der Waals surface area (Å²) in [6, 6.07) is 0. The smallest absolute Gasteiger partial charge is 0.138 e. The van der Waals surface area contributed by atoms with Gasteiger partial charge in [-0.15, -0.1) is 0 Å². The van der Waals surface area contributed by atoms with Crippen LogP contribution in [0.2, 0.25) is 0 Å². The van der Waals surface area contributed by atoms with E-state index in [1.54, 1.807) is 5.01 Å². The van der Waals surface area contributed by atoms with Gasteiger partial charge in [-0.1, -0.05) is 6.92 Å². The van der Waals surface area contributed by atoms with Crippen molar-refractivity contribution in [3.63, 3.8) is 0 Å². The van der Waals surface area contributed by atoms with Crippen LogP contribution < -0.4 is 11.3 Å². The van der Waals surface area contributed by atoms with Crippen LogP contribution >= 0.6 is 0 Å². The summed E-state index contributed by atoms with van der Waals surface area (Å²) in [4.78, 5) is 0. The van der Waals surface area contributed by atoms with E-state index in [0.717, 1.165) is 25.3 Å². The molecule has 0 saturated heterocycles. The fraction of sp³-hybridized carbons (Fsp3) is 0.800. The molecule has 1 heterocycles. The molecule has 0 fully saturated rings. The Hall–Kier alpha value is -0.770. The van der Waals surface area contributed by atoms with E-state index in [9.17, 15) is 0 Å². The second-order valence-electron chi connectivity index (χ2n) is 1.98. The second kappa shape index (κ2) is 2.68. The molecule has 3 N–H and O–H groups in total. The highest BCUT2D eigenvalue weighted by Crippen LogP contribution is 1.92. The average molecular weight is 128 g/mol.